The summed E-state index contributed by atoms with van der Waals surface area (Å²) in [6.07, 6.45) is 0. The van der Waals surface area contributed by atoms with E-state index in [0.717, 1.165) is 0 Å². The third-order valence-corrected chi connectivity index (χ3v) is 1.24. The molecule has 9 heavy (non-hydrogen) atoms. The maximum Gasteiger partial charge on any atom is 0.241 e. The maximum atomic E-state index is 5.39. The quantitative estimate of drug-likeness (QED) is 0.616. The molecule has 0 amide bonds. The van der Waals surface area contributed by atoms with Crippen LogP contribution in [0.25, 0.3) is 0 Å². The van der Waals surface area contributed by atoms with Crippen LogP contribution in [0.1, 0.15) is 0 Å². The molecule has 1 heterocycles. The van der Waals surface area contributed by atoms with Crippen molar-refractivity contribution in [1.29, 1.82) is 0 Å². The topological polar surface area (TPSA) is 64.7 Å². The molecule has 0 bridgehead atoms. The van der Waals surface area contributed by atoms with Crippen LogP contribution in [-0.4, -0.2) is 15.2 Å². The maximum absolute atomic E-state index is 5.39. The molecule has 48 valence electrons. The Morgan fingerprint density at radius 3 is 2.22 bits per heavy atom. The average Bonchev–Trinajstić information content (AvgIpc) is 1.80. The van der Waals surface area contributed by atoms with Gasteiger partial charge in [0.25, 0.3) is 0 Å². The van der Waals surface area contributed by atoms with E-state index < -0.39 is 0 Å². The van der Waals surface area contributed by atoms with Crippen LogP contribution in [0.2, 0.25) is 10.3 Å². The Bertz CT molecular complexity index is 225. The van der Waals surface area contributed by atoms with Crippen molar-refractivity contribution in [3.63, 3.8) is 0 Å². The van der Waals surface area contributed by atoms with Crippen molar-refractivity contribution < 1.29 is 0 Å². The first kappa shape index (κ1) is 6.51. The molecule has 0 atom stereocenters. The second kappa shape index (κ2) is 2.33. The lowest BCUT2D eigenvalue weighted by atomic mass is 10.8. The third kappa shape index (κ3) is 1.40. The van der Waals surface area contributed by atoms with Gasteiger partial charge in [-0.2, -0.15) is 4.98 Å². The Labute approximate surface area is 61.0 Å². The zero-order chi connectivity index (χ0) is 6.85. The summed E-state index contributed by atoms with van der Waals surface area (Å²) in [5.41, 5.74) is 5.10. The standard InChI is InChI=1S/C3H2Cl2N4/c4-1-2(5)8-9-3(6)7-1/h(H2,6,7,9). The molecule has 1 aromatic heterocycles. The number of hydrogen-bond acceptors (Lipinski definition) is 4. The van der Waals surface area contributed by atoms with Crippen molar-refractivity contribution in [3.8, 4) is 0 Å². The van der Waals surface area contributed by atoms with E-state index in [2.05, 4.69) is 15.2 Å². The fourth-order valence-corrected chi connectivity index (χ4v) is 0.510. The summed E-state index contributed by atoms with van der Waals surface area (Å²) >= 11 is 10.7. The van der Waals surface area contributed by atoms with E-state index in [1.807, 2.05) is 0 Å². The number of nitrogens with two attached hydrogens (primary N) is 1. The average molecular weight is 165 g/mol. The molecule has 1 rings (SSSR count). The minimum Gasteiger partial charge on any atom is -0.366 e. The summed E-state index contributed by atoms with van der Waals surface area (Å²) < 4.78 is 0. The highest BCUT2D eigenvalue weighted by molar-refractivity contribution is 6.40. The van der Waals surface area contributed by atoms with Gasteiger partial charge in [-0.15, -0.1) is 10.2 Å². The van der Waals surface area contributed by atoms with Crippen molar-refractivity contribution in [3.05, 3.63) is 10.3 Å². The monoisotopic (exact) mass is 164 g/mol. The summed E-state index contributed by atoms with van der Waals surface area (Å²) in [6, 6.07) is 0. The van der Waals surface area contributed by atoms with E-state index in [0.29, 0.717) is 0 Å². The highest BCUT2D eigenvalue weighted by atomic mass is 35.5. The lowest BCUT2D eigenvalue weighted by Crippen LogP contribution is -1.96. The molecule has 0 saturated carbocycles. The van der Waals surface area contributed by atoms with Gasteiger partial charge < -0.3 is 5.73 Å². The minimum atomic E-state index is 0.0180. The molecule has 6 heteroatoms. The molecule has 0 aromatic carbocycles. The normalized spacial score (nSPS) is 9.56. The van der Waals surface area contributed by atoms with Crippen molar-refractivity contribution in [2.45, 2.75) is 0 Å². The van der Waals surface area contributed by atoms with Gasteiger partial charge in [0.1, 0.15) is 0 Å². The van der Waals surface area contributed by atoms with Crippen LogP contribution in [0.4, 0.5) is 5.95 Å². The molecule has 1 aromatic rings. The molecule has 2 N–H and O–H groups in total. The lowest BCUT2D eigenvalue weighted by molar-refractivity contribution is 0.987. The number of nitrogens with zero attached hydrogens (tertiary/aromatic N) is 3. The van der Waals surface area contributed by atoms with E-state index in [1.165, 1.54) is 0 Å². The lowest BCUT2D eigenvalue weighted by Gasteiger charge is -1.90. The predicted octanol–water partition coefficient (Wildman–Crippen LogP) is 0.761. The zero-order valence-corrected chi connectivity index (χ0v) is 5.69. The molecule has 0 fully saturated rings. The van der Waals surface area contributed by atoms with E-state index >= 15 is 0 Å². The SMILES string of the molecule is Nc1nnc(Cl)c(Cl)n1. The Balaban J connectivity index is 3.17. The number of nitrogen functional groups attached to an aromatic ring is 1. The molecule has 0 saturated heterocycles. The van der Waals surface area contributed by atoms with E-state index in [-0.39, 0.29) is 16.3 Å². The molecule has 0 radical (unpaired) electrons. The number of halogens is 2. The Morgan fingerprint density at radius 1 is 1.11 bits per heavy atom. The Kier molecular flexibility index (Phi) is 1.68. The summed E-state index contributed by atoms with van der Waals surface area (Å²) in [5.74, 6) is 0.0180. The van der Waals surface area contributed by atoms with E-state index in [9.17, 15) is 0 Å². The van der Waals surface area contributed by atoms with E-state index in [4.69, 9.17) is 28.9 Å². The third-order valence-electron chi connectivity index (χ3n) is 0.623. The van der Waals surface area contributed by atoms with Gasteiger partial charge in [0.2, 0.25) is 5.95 Å². The van der Waals surface area contributed by atoms with E-state index in [1.54, 1.807) is 0 Å². The first-order valence-electron chi connectivity index (χ1n) is 2.01. The molecule has 0 aliphatic heterocycles. The second-order valence-electron chi connectivity index (χ2n) is 1.25. The largest absolute Gasteiger partial charge is 0.366 e. The van der Waals surface area contributed by atoms with Crippen LogP contribution in [0, 0.1) is 0 Å². The smallest absolute Gasteiger partial charge is 0.241 e. The van der Waals surface area contributed by atoms with Gasteiger partial charge in [-0.3, -0.25) is 0 Å². The highest BCUT2D eigenvalue weighted by Gasteiger charge is 1.99. The Morgan fingerprint density at radius 2 is 1.78 bits per heavy atom. The van der Waals surface area contributed by atoms with Crippen LogP contribution in [0.5, 0.6) is 0 Å². The minimum absolute atomic E-state index is 0.0180. The number of rotatable bonds is 0. The van der Waals surface area contributed by atoms with Crippen molar-refractivity contribution in [2.24, 2.45) is 0 Å². The fraction of sp³-hybridized carbons (Fsp3) is 0. The van der Waals surface area contributed by atoms with Crippen molar-refractivity contribution in [1.82, 2.24) is 15.2 Å². The summed E-state index contributed by atoms with van der Waals surface area (Å²) in [4.78, 5) is 3.51. The van der Waals surface area contributed by atoms with Gasteiger partial charge >= 0.3 is 0 Å². The van der Waals surface area contributed by atoms with Crippen LogP contribution in [0.15, 0.2) is 0 Å². The first-order chi connectivity index (χ1) is 4.20. The van der Waals surface area contributed by atoms with Crippen LogP contribution < -0.4 is 5.73 Å². The molecule has 0 unspecified atom stereocenters. The highest BCUT2D eigenvalue weighted by Crippen LogP contribution is 2.14. The van der Waals surface area contributed by atoms with Crippen LogP contribution in [-0.2, 0) is 0 Å². The van der Waals surface area contributed by atoms with Gasteiger partial charge in [-0.25, -0.2) is 0 Å². The summed E-state index contributed by atoms with van der Waals surface area (Å²) in [5, 5.41) is 6.85. The molecule has 0 aliphatic rings. The first-order valence-corrected chi connectivity index (χ1v) is 2.77. The van der Waals surface area contributed by atoms with Gasteiger partial charge in [0.05, 0.1) is 0 Å². The molecule has 0 spiro atoms. The van der Waals surface area contributed by atoms with Gasteiger partial charge in [-0.1, -0.05) is 23.2 Å². The number of anilines is 1. The Hall–Kier alpha value is -0.610. The van der Waals surface area contributed by atoms with Crippen LogP contribution in [0.3, 0.4) is 0 Å². The second-order valence-corrected chi connectivity index (χ2v) is 1.97. The van der Waals surface area contributed by atoms with Gasteiger partial charge in [0.15, 0.2) is 10.3 Å². The summed E-state index contributed by atoms with van der Waals surface area (Å²) in [7, 11) is 0. The summed E-state index contributed by atoms with van der Waals surface area (Å²) in [6.45, 7) is 0. The fourth-order valence-electron chi connectivity index (χ4n) is 0.305. The van der Waals surface area contributed by atoms with Crippen LogP contribution >= 0.6 is 23.2 Å². The molecule has 4 nitrogen and oxygen atoms in total. The molecular weight excluding hydrogens is 163 g/mol. The van der Waals surface area contributed by atoms with Gasteiger partial charge in [-0.05, 0) is 0 Å². The predicted molar refractivity (Wildman–Crippen MR) is 34.3 cm³/mol. The number of aromatic nitrogens is 3. The molecular formula is C3H2Cl2N4. The van der Waals surface area contributed by atoms with Crippen molar-refractivity contribution >= 4 is 29.2 Å². The van der Waals surface area contributed by atoms with Crippen molar-refractivity contribution in [2.75, 3.05) is 5.73 Å². The molecule has 0 aliphatic carbocycles. The van der Waals surface area contributed by atoms with Gasteiger partial charge in [0, 0.05) is 0 Å². The number of hydrogen-bond donors (Lipinski definition) is 1. The zero-order valence-electron chi connectivity index (χ0n) is 4.17.